The maximum Gasteiger partial charge on any atom is 0.472 e. The van der Waals surface area contributed by atoms with E-state index in [1.54, 1.807) is 0 Å². The van der Waals surface area contributed by atoms with E-state index in [0.717, 1.165) is 120 Å². The predicted octanol–water partition coefficient (Wildman–Crippen LogP) is 25.2. The molecule has 0 aromatic rings. The Morgan fingerprint density at radius 1 is 0.272 bits per heavy atom. The molecule has 0 rings (SSSR count). The largest absolute Gasteiger partial charge is 0.472 e. The van der Waals surface area contributed by atoms with Crippen molar-refractivity contribution in [3.05, 3.63) is 0 Å². The van der Waals surface area contributed by atoms with Gasteiger partial charge in [-0.2, -0.15) is 0 Å². The molecule has 3 N–H and O–H groups in total. The lowest BCUT2D eigenvalue weighted by molar-refractivity contribution is -0.161. The Kier molecular flexibility index (Phi) is 71.5. The molecule has 0 radical (unpaired) electrons. The van der Waals surface area contributed by atoms with Gasteiger partial charge in [-0.15, -0.1) is 0 Å². The summed E-state index contributed by atoms with van der Waals surface area (Å²) in [5.41, 5.74) is 0. The summed E-state index contributed by atoms with van der Waals surface area (Å²) in [5.74, 6) is 1.01. The van der Waals surface area contributed by atoms with E-state index in [-0.39, 0.29) is 25.7 Å². The molecule has 103 heavy (non-hydrogen) atoms. The van der Waals surface area contributed by atoms with Crippen LogP contribution in [0.1, 0.15) is 434 Å². The smallest absolute Gasteiger partial charge is 0.462 e. The molecule has 0 fully saturated rings. The summed E-state index contributed by atoms with van der Waals surface area (Å²) in [5, 5.41) is 10.6. The number of esters is 4. The van der Waals surface area contributed by atoms with Crippen molar-refractivity contribution in [1.29, 1.82) is 0 Å². The molecule has 612 valence electrons. The highest BCUT2D eigenvalue weighted by Gasteiger charge is 2.30. The van der Waals surface area contributed by atoms with E-state index in [2.05, 4.69) is 55.4 Å². The van der Waals surface area contributed by atoms with Gasteiger partial charge in [-0.25, -0.2) is 9.13 Å². The number of carbonyl (C=O) groups excluding carboxylic acids is 4. The molecule has 0 saturated heterocycles. The van der Waals surface area contributed by atoms with Crippen molar-refractivity contribution >= 4 is 39.5 Å². The van der Waals surface area contributed by atoms with Crippen molar-refractivity contribution in [3.63, 3.8) is 0 Å². The summed E-state index contributed by atoms with van der Waals surface area (Å²) in [7, 11) is -9.92. The maximum atomic E-state index is 13.1. The van der Waals surface area contributed by atoms with Gasteiger partial charge in [0.15, 0.2) is 12.2 Å². The van der Waals surface area contributed by atoms with Crippen LogP contribution < -0.4 is 0 Å². The highest BCUT2D eigenvalue weighted by molar-refractivity contribution is 7.47. The Labute approximate surface area is 632 Å². The molecule has 4 unspecified atom stereocenters. The summed E-state index contributed by atoms with van der Waals surface area (Å²) < 4.78 is 68.7. The summed E-state index contributed by atoms with van der Waals surface area (Å²) in [4.78, 5) is 73.0. The molecule has 0 saturated carbocycles. The van der Waals surface area contributed by atoms with Gasteiger partial charge in [-0.05, 0) is 49.4 Å². The number of ether oxygens (including phenoxy) is 4. The van der Waals surface area contributed by atoms with Crippen LogP contribution in [0.25, 0.3) is 0 Å². The van der Waals surface area contributed by atoms with Crippen LogP contribution in [0.5, 0.6) is 0 Å². The lowest BCUT2D eigenvalue weighted by Crippen LogP contribution is -2.30. The van der Waals surface area contributed by atoms with E-state index < -0.39 is 97.5 Å². The van der Waals surface area contributed by atoms with E-state index in [4.69, 9.17) is 37.0 Å². The zero-order valence-electron chi connectivity index (χ0n) is 68.0. The monoisotopic (exact) mass is 1510 g/mol. The zero-order valence-corrected chi connectivity index (χ0v) is 69.7. The first-order valence-electron chi connectivity index (χ1n) is 43.3. The van der Waals surface area contributed by atoms with E-state index in [0.29, 0.717) is 31.6 Å². The first-order valence-corrected chi connectivity index (χ1v) is 46.3. The Hall–Kier alpha value is -1.94. The van der Waals surface area contributed by atoms with Crippen molar-refractivity contribution in [2.24, 2.45) is 23.7 Å². The van der Waals surface area contributed by atoms with Gasteiger partial charge in [-0.1, -0.05) is 383 Å². The first-order chi connectivity index (χ1) is 49.7. The number of hydrogen-bond acceptors (Lipinski definition) is 15. The molecule has 0 aliphatic rings. The van der Waals surface area contributed by atoms with Crippen LogP contribution in [0, 0.1) is 23.7 Å². The van der Waals surface area contributed by atoms with Crippen LogP contribution >= 0.6 is 15.6 Å². The minimum absolute atomic E-state index is 0.107. The average molecular weight is 1510 g/mol. The number of carbonyl (C=O) groups is 4. The molecule has 0 aliphatic heterocycles. The SMILES string of the molecule is CCC(C)CCCCCCCCCCCCCCCCCCCCC(=O)O[C@H](COC(=O)CCCCCCCCCC(C)C)COP(=O)(O)OC[C@@H](O)COP(=O)(O)OC[C@@H](COC(=O)CCCCCCCCC(C)CC)OC(=O)CCCCCCCCCCCCCCCCCCCCC(C)C. The van der Waals surface area contributed by atoms with E-state index in [9.17, 15) is 43.2 Å². The standard InChI is InChI=1S/C84H164O17P2/c1-9-76(7)62-54-46-38-32-28-24-20-16-12-14-18-22-26-30-34-40-50-58-66-83(88)100-79(70-94-81(86)64-56-48-41-35-37-45-53-61-75(5)6)72-98-102(90,91)96-68-78(85)69-97-103(92,93)99-73-80(71-95-82(87)65-57-49-43-42-47-55-63-77(8)10-2)101-84(89)67-59-51-39-33-29-25-21-17-13-11-15-19-23-27-31-36-44-52-60-74(3)4/h74-80,85H,9-73H2,1-8H3,(H,90,91)(H,92,93)/t76?,77?,78-,79-,80-/m1/s1. The Morgan fingerprint density at radius 3 is 0.689 bits per heavy atom. The Balaban J connectivity index is 5.14. The topological polar surface area (TPSA) is 237 Å². The molecule has 0 spiro atoms. The zero-order chi connectivity index (χ0) is 76.0. The molecular formula is C84H164O17P2. The van der Waals surface area contributed by atoms with Crippen LogP contribution in [0.2, 0.25) is 0 Å². The van der Waals surface area contributed by atoms with Crippen LogP contribution in [-0.4, -0.2) is 96.7 Å². The second-order valence-corrected chi connectivity index (χ2v) is 34.6. The molecule has 7 atom stereocenters. The highest BCUT2D eigenvalue weighted by atomic mass is 31.2. The molecule has 0 aromatic heterocycles. The normalized spacial score (nSPS) is 14.5. The predicted molar refractivity (Wildman–Crippen MR) is 423 cm³/mol. The molecule has 0 heterocycles. The third-order valence-corrected chi connectivity index (χ3v) is 22.2. The van der Waals surface area contributed by atoms with Crippen molar-refractivity contribution in [1.82, 2.24) is 0 Å². The van der Waals surface area contributed by atoms with Gasteiger partial charge < -0.3 is 33.8 Å². The van der Waals surface area contributed by atoms with Crippen LogP contribution in [-0.2, 0) is 65.4 Å². The highest BCUT2D eigenvalue weighted by Crippen LogP contribution is 2.45. The van der Waals surface area contributed by atoms with Crippen molar-refractivity contribution in [2.45, 2.75) is 453 Å². The minimum atomic E-state index is -4.96. The molecule has 0 bridgehead atoms. The number of phosphoric ester groups is 2. The molecule has 0 amide bonds. The maximum absolute atomic E-state index is 13.1. The number of aliphatic hydroxyl groups excluding tert-OH is 1. The third-order valence-electron chi connectivity index (χ3n) is 20.3. The van der Waals surface area contributed by atoms with E-state index in [1.807, 2.05) is 0 Å². The van der Waals surface area contributed by atoms with E-state index in [1.165, 1.54) is 225 Å². The lowest BCUT2D eigenvalue weighted by atomic mass is 9.99. The molecule has 0 aromatic carbocycles. The number of unbranched alkanes of at least 4 members (excludes halogenated alkanes) is 45. The summed E-state index contributed by atoms with van der Waals surface area (Å²) in [6, 6.07) is 0. The van der Waals surface area contributed by atoms with Gasteiger partial charge in [0, 0.05) is 25.7 Å². The molecule has 17 nitrogen and oxygen atoms in total. The summed E-state index contributed by atoms with van der Waals surface area (Å²) in [6.45, 7) is 14.3. The fourth-order valence-corrected chi connectivity index (χ4v) is 14.5. The number of phosphoric acid groups is 2. The van der Waals surface area contributed by atoms with Gasteiger partial charge in [0.2, 0.25) is 0 Å². The number of aliphatic hydroxyl groups is 1. The first kappa shape index (κ1) is 101. The average Bonchev–Trinajstić information content (AvgIpc) is 0.913. The second kappa shape index (κ2) is 72.9. The summed E-state index contributed by atoms with van der Waals surface area (Å²) in [6.07, 6.45) is 61.4. The van der Waals surface area contributed by atoms with Crippen molar-refractivity contribution < 1.29 is 80.2 Å². The quantitative estimate of drug-likeness (QED) is 0.0222. The number of rotatable bonds is 81. The summed E-state index contributed by atoms with van der Waals surface area (Å²) >= 11 is 0. The lowest BCUT2D eigenvalue weighted by Gasteiger charge is -2.21. The molecule has 19 heteroatoms. The van der Waals surface area contributed by atoms with Gasteiger partial charge >= 0.3 is 39.5 Å². The van der Waals surface area contributed by atoms with Gasteiger partial charge in [-0.3, -0.25) is 37.3 Å². The van der Waals surface area contributed by atoms with Crippen molar-refractivity contribution in [3.8, 4) is 0 Å². The molecular weight excluding hydrogens is 1340 g/mol. The van der Waals surface area contributed by atoms with Crippen LogP contribution in [0.4, 0.5) is 0 Å². The Morgan fingerprint density at radius 2 is 0.466 bits per heavy atom. The van der Waals surface area contributed by atoms with Gasteiger partial charge in [0.1, 0.15) is 19.3 Å². The van der Waals surface area contributed by atoms with Crippen LogP contribution in [0.3, 0.4) is 0 Å². The second-order valence-electron chi connectivity index (χ2n) is 31.7. The fraction of sp³-hybridized carbons (Fsp3) is 0.952. The van der Waals surface area contributed by atoms with E-state index >= 15 is 0 Å². The van der Waals surface area contributed by atoms with Gasteiger partial charge in [0.25, 0.3) is 0 Å². The van der Waals surface area contributed by atoms with Gasteiger partial charge in [0.05, 0.1) is 26.4 Å². The minimum Gasteiger partial charge on any atom is -0.462 e. The number of hydrogen-bond donors (Lipinski definition) is 3. The molecule has 0 aliphatic carbocycles. The van der Waals surface area contributed by atoms with Crippen molar-refractivity contribution in [2.75, 3.05) is 39.6 Å². The van der Waals surface area contributed by atoms with Crippen LogP contribution in [0.15, 0.2) is 0 Å². The Bertz CT molecular complexity index is 2010. The third kappa shape index (κ3) is 75.3. The fourth-order valence-electron chi connectivity index (χ4n) is 12.9.